The third-order valence-electron chi connectivity index (χ3n) is 3.53. The first kappa shape index (κ1) is 29.1. The molecule has 0 aromatic rings. The predicted octanol–water partition coefficient (Wildman–Crippen LogP) is 5.71. The molecule has 0 N–H and O–H groups in total. The zero-order valence-electron chi connectivity index (χ0n) is 20.7. The van der Waals surface area contributed by atoms with Crippen LogP contribution in [0.5, 0.6) is 0 Å². The van der Waals surface area contributed by atoms with Gasteiger partial charge in [-0.05, 0) is 91.4 Å². The molecule has 29 heavy (non-hydrogen) atoms. The van der Waals surface area contributed by atoms with E-state index in [4.69, 9.17) is 21.2 Å². The van der Waals surface area contributed by atoms with Crippen LogP contribution >= 0.6 is 0 Å². The standard InChI is InChI=1S/C18H44O6Si5/c1-13-15-18(19)20-16-14-17-26(5,6)22-28(9,10)24-29(11,12)23-27(7,8)21-25(2,3)4/h13,15H,14,16-17H2,1-12H3. The summed E-state index contributed by atoms with van der Waals surface area (Å²) < 4.78 is 31.1. The molecule has 0 aromatic heterocycles. The monoisotopic (exact) mass is 496 g/mol. The maximum atomic E-state index is 11.4. The van der Waals surface area contributed by atoms with Crippen molar-refractivity contribution in [1.29, 1.82) is 0 Å². The minimum Gasteiger partial charge on any atom is -0.463 e. The number of esters is 1. The van der Waals surface area contributed by atoms with Crippen molar-refractivity contribution in [3.8, 4) is 0 Å². The van der Waals surface area contributed by atoms with Gasteiger partial charge in [0.05, 0.1) is 6.61 Å². The van der Waals surface area contributed by atoms with Crippen molar-refractivity contribution in [3.63, 3.8) is 0 Å². The van der Waals surface area contributed by atoms with Crippen molar-refractivity contribution in [1.82, 2.24) is 0 Å². The topological polar surface area (TPSA) is 63.2 Å². The lowest BCUT2D eigenvalue weighted by atomic mass is 10.5. The van der Waals surface area contributed by atoms with Gasteiger partial charge in [-0.3, -0.25) is 0 Å². The first-order valence-corrected chi connectivity index (χ1v) is 25.4. The molecule has 0 aliphatic rings. The molecule has 0 unspecified atom stereocenters. The van der Waals surface area contributed by atoms with E-state index in [2.05, 4.69) is 72.0 Å². The Bertz CT molecular complexity index is 555. The third kappa shape index (κ3) is 15.6. The van der Waals surface area contributed by atoms with E-state index in [9.17, 15) is 4.79 Å². The largest absolute Gasteiger partial charge is 0.463 e. The Morgan fingerprint density at radius 2 is 1.17 bits per heavy atom. The average Bonchev–Trinajstić information content (AvgIpc) is 2.36. The van der Waals surface area contributed by atoms with E-state index in [0.717, 1.165) is 12.5 Å². The molecular weight excluding hydrogens is 453 g/mol. The summed E-state index contributed by atoms with van der Waals surface area (Å²) in [6.07, 6.45) is 3.92. The van der Waals surface area contributed by atoms with E-state index in [0.29, 0.717) is 6.61 Å². The van der Waals surface area contributed by atoms with Gasteiger partial charge in [-0.2, -0.15) is 0 Å². The molecule has 0 heterocycles. The molecule has 11 heteroatoms. The molecule has 0 spiro atoms. The number of carbonyl (C=O) groups excluding carboxylic acids is 1. The van der Waals surface area contributed by atoms with Crippen LogP contribution in [0, 0.1) is 0 Å². The molecule has 172 valence electrons. The molecule has 0 aliphatic carbocycles. The fourth-order valence-corrected chi connectivity index (χ4v) is 27.3. The summed E-state index contributed by atoms with van der Waals surface area (Å²) in [7, 11) is -10.6. The van der Waals surface area contributed by atoms with Gasteiger partial charge in [0.1, 0.15) is 0 Å². The first-order chi connectivity index (χ1) is 12.8. The summed E-state index contributed by atoms with van der Waals surface area (Å²) in [6.45, 7) is 25.7. The Kier molecular flexibility index (Phi) is 11.2. The number of carbonyl (C=O) groups is 1. The van der Waals surface area contributed by atoms with Gasteiger partial charge in [0, 0.05) is 6.08 Å². The fourth-order valence-electron chi connectivity index (χ4n) is 3.55. The Labute approximate surface area is 184 Å². The van der Waals surface area contributed by atoms with Gasteiger partial charge >= 0.3 is 31.7 Å². The van der Waals surface area contributed by atoms with Crippen LogP contribution in [0.25, 0.3) is 0 Å². The molecule has 0 radical (unpaired) electrons. The number of ether oxygens (including phenoxy) is 1. The minimum absolute atomic E-state index is 0.289. The van der Waals surface area contributed by atoms with Gasteiger partial charge in [0.2, 0.25) is 0 Å². The summed E-state index contributed by atoms with van der Waals surface area (Å²) in [5, 5.41) is 0. The molecule has 0 amide bonds. The van der Waals surface area contributed by atoms with Crippen LogP contribution in [-0.2, 0) is 26.0 Å². The molecule has 0 fully saturated rings. The van der Waals surface area contributed by atoms with E-state index in [1.807, 2.05) is 0 Å². The number of hydrogen-bond donors (Lipinski definition) is 0. The van der Waals surface area contributed by atoms with Crippen LogP contribution in [0.3, 0.4) is 0 Å². The smallest absolute Gasteiger partial charge is 0.330 e. The SMILES string of the molecule is CC=CC(=O)OCCC[Si](C)(C)O[Si](C)(C)O[Si](C)(C)O[Si](C)(C)O[Si](C)(C)C. The van der Waals surface area contributed by atoms with Crippen molar-refractivity contribution >= 4 is 48.3 Å². The van der Waals surface area contributed by atoms with Crippen LogP contribution in [0.4, 0.5) is 0 Å². The van der Waals surface area contributed by atoms with E-state index < -0.39 is 42.3 Å². The Morgan fingerprint density at radius 1 is 0.724 bits per heavy atom. The van der Waals surface area contributed by atoms with Gasteiger partial charge in [-0.25, -0.2) is 4.79 Å². The fraction of sp³-hybridized carbons (Fsp3) is 0.833. The van der Waals surface area contributed by atoms with Crippen molar-refractivity contribution in [2.45, 2.75) is 91.4 Å². The predicted molar refractivity (Wildman–Crippen MR) is 133 cm³/mol. The molecule has 0 saturated heterocycles. The molecule has 0 bridgehead atoms. The Morgan fingerprint density at radius 3 is 1.62 bits per heavy atom. The third-order valence-corrected chi connectivity index (χ3v) is 21.5. The van der Waals surface area contributed by atoms with E-state index in [1.54, 1.807) is 13.0 Å². The van der Waals surface area contributed by atoms with Crippen LogP contribution in [0.2, 0.25) is 78.1 Å². The molecule has 6 nitrogen and oxygen atoms in total. The second kappa shape index (κ2) is 11.1. The first-order valence-electron chi connectivity index (χ1n) is 10.4. The van der Waals surface area contributed by atoms with Crippen molar-refractivity contribution < 1.29 is 26.0 Å². The van der Waals surface area contributed by atoms with E-state index in [1.165, 1.54) is 6.08 Å². The van der Waals surface area contributed by atoms with Crippen LogP contribution in [0.1, 0.15) is 13.3 Å². The van der Waals surface area contributed by atoms with Crippen LogP contribution in [-0.4, -0.2) is 54.9 Å². The number of hydrogen-bond acceptors (Lipinski definition) is 6. The maximum absolute atomic E-state index is 11.4. The van der Waals surface area contributed by atoms with Crippen molar-refractivity contribution in [2.24, 2.45) is 0 Å². The highest BCUT2D eigenvalue weighted by Crippen LogP contribution is 2.27. The van der Waals surface area contributed by atoms with Crippen molar-refractivity contribution in [3.05, 3.63) is 12.2 Å². The highest BCUT2D eigenvalue weighted by Gasteiger charge is 2.45. The Hall–Kier alpha value is 0.134. The zero-order chi connectivity index (χ0) is 23.1. The van der Waals surface area contributed by atoms with E-state index >= 15 is 0 Å². The molecule has 0 aromatic carbocycles. The highest BCUT2D eigenvalue weighted by molar-refractivity contribution is 6.90. The summed E-state index contributed by atoms with van der Waals surface area (Å²) in [5.74, 6) is -0.289. The second-order valence-electron chi connectivity index (χ2n) is 10.3. The number of rotatable bonds is 13. The Balaban J connectivity index is 4.75. The lowest BCUT2D eigenvalue weighted by Crippen LogP contribution is -2.58. The van der Waals surface area contributed by atoms with Crippen molar-refractivity contribution in [2.75, 3.05) is 6.61 Å². The van der Waals surface area contributed by atoms with Crippen LogP contribution in [0.15, 0.2) is 12.2 Å². The summed E-state index contributed by atoms with van der Waals surface area (Å²) in [4.78, 5) is 11.4. The minimum atomic E-state index is -2.39. The molecule has 0 aliphatic heterocycles. The van der Waals surface area contributed by atoms with E-state index in [-0.39, 0.29) is 5.97 Å². The highest BCUT2D eigenvalue weighted by atomic mass is 28.5. The quantitative estimate of drug-likeness (QED) is 0.141. The zero-order valence-corrected chi connectivity index (χ0v) is 25.7. The molecular formula is C18H44O6Si5. The van der Waals surface area contributed by atoms with Gasteiger partial charge in [0.15, 0.2) is 16.6 Å². The van der Waals surface area contributed by atoms with Gasteiger partial charge in [0.25, 0.3) is 0 Å². The lowest BCUT2D eigenvalue weighted by Gasteiger charge is -2.42. The molecule has 0 atom stereocenters. The lowest BCUT2D eigenvalue weighted by molar-refractivity contribution is -0.137. The summed E-state index contributed by atoms with van der Waals surface area (Å²) in [5.41, 5.74) is 0. The number of allylic oxidation sites excluding steroid dienone is 1. The summed E-state index contributed by atoms with van der Waals surface area (Å²) >= 11 is 0. The molecule has 0 rings (SSSR count). The van der Waals surface area contributed by atoms with Gasteiger partial charge in [-0.1, -0.05) is 6.08 Å². The average molecular weight is 497 g/mol. The van der Waals surface area contributed by atoms with Gasteiger partial charge < -0.3 is 21.2 Å². The van der Waals surface area contributed by atoms with Crippen LogP contribution < -0.4 is 0 Å². The maximum Gasteiger partial charge on any atom is 0.330 e. The normalized spacial score (nSPS) is 14.5. The molecule has 0 saturated carbocycles. The summed E-state index contributed by atoms with van der Waals surface area (Å²) in [6, 6.07) is 0.914. The second-order valence-corrected chi connectivity index (χ2v) is 30.2. The van der Waals surface area contributed by atoms with Gasteiger partial charge in [-0.15, -0.1) is 0 Å².